The van der Waals surface area contributed by atoms with Crippen LogP contribution >= 0.6 is 0 Å². The molecule has 0 bridgehead atoms. The molecule has 3 N–H and O–H groups in total. The Kier molecular flexibility index (Phi) is 7.19. The molecule has 0 spiro atoms. The Morgan fingerprint density at radius 3 is 1.89 bits per heavy atom. The summed E-state index contributed by atoms with van der Waals surface area (Å²) in [5.74, 6) is -0.227. The molecule has 1 amide bonds. The zero-order valence-corrected chi connectivity index (χ0v) is 11.7. The first kappa shape index (κ1) is 15.4. The fourth-order valence-electron chi connectivity index (χ4n) is 2.00. The minimum atomic E-state index is -0.227. The Labute approximate surface area is 110 Å². The molecule has 0 aromatic rings. The predicted octanol–water partition coefficient (Wildman–Crippen LogP) is -1.76. The highest BCUT2D eigenvalue weighted by molar-refractivity contribution is 5.75. The molecule has 2 aliphatic heterocycles. The van der Waals surface area contributed by atoms with E-state index in [0.717, 1.165) is 39.3 Å². The van der Waals surface area contributed by atoms with Gasteiger partial charge in [-0.25, -0.2) is 0 Å². The number of hydrogen-bond donors (Lipinski definition) is 2. The van der Waals surface area contributed by atoms with Gasteiger partial charge >= 0.3 is 0 Å². The van der Waals surface area contributed by atoms with Gasteiger partial charge in [0.1, 0.15) is 0 Å². The molecule has 6 nitrogen and oxygen atoms in total. The van der Waals surface area contributed by atoms with E-state index in [9.17, 15) is 4.79 Å². The van der Waals surface area contributed by atoms with Crippen LogP contribution < -0.4 is 11.1 Å². The van der Waals surface area contributed by atoms with Gasteiger partial charge in [-0.05, 0) is 14.1 Å². The van der Waals surface area contributed by atoms with Crippen LogP contribution in [0.25, 0.3) is 0 Å². The van der Waals surface area contributed by atoms with E-state index >= 15 is 0 Å². The molecule has 2 rings (SSSR count). The lowest BCUT2D eigenvalue weighted by Gasteiger charge is -2.31. The number of amides is 1. The molecular formula is C12H27N5O. The van der Waals surface area contributed by atoms with Crippen LogP contribution in [0.15, 0.2) is 0 Å². The summed E-state index contributed by atoms with van der Waals surface area (Å²) in [4.78, 5) is 17.2. The van der Waals surface area contributed by atoms with Gasteiger partial charge in [0.05, 0.1) is 6.54 Å². The molecule has 2 fully saturated rings. The summed E-state index contributed by atoms with van der Waals surface area (Å²) >= 11 is 0. The molecule has 2 saturated heterocycles. The van der Waals surface area contributed by atoms with E-state index in [-0.39, 0.29) is 5.91 Å². The third kappa shape index (κ3) is 6.90. The van der Waals surface area contributed by atoms with E-state index in [1.165, 1.54) is 13.1 Å². The monoisotopic (exact) mass is 257 g/mol. The number of likely N-dealkylation sites (N-methyl/N-ethyl adjacent to an activating group) is 2. The lowest BCUT2D eigenvalue weighted by atomic mass is 10.3. The van der Waals surface area contributed by atoms with Gasteiger partial charge < -0.3 is 20.9 Å². The van der Waals surface area contributed by atoms with Gasteiger partial charge in [-0.15, -0.1) is 0 Å². The molecule has 0 aromatic carbocycles. The van der Waals surface area contributed by atoms with Crippen LogP contribution in [-0.4, -0.2) is 93.6 Å². The van der Waals surface area contributed by atoms with Gasteiger partial charge in [0.2, 0.25) is 5.91 Å². The van der Waals surface area contributed by atoms with Crippen molar-refractivity contribution >= 4 is 5.91 Å². The minimum Gasteiger partial charge on any atom is -0.369 e. The van der Waals surface area contributed by atoms with Gasteiger partial charge in [-0.2, -0.15) is 0 Å². The average Bonchev–Trinajstić information content (AvgIpc) is 2.33. The number of nitrogens with zero attached hydrogens (tertiary/aromatic N) is 3. The van der Waals surface area contributed by atoms with Crippen molar-refractivity contribution in [2.24, 2.45) is 5.73 Å². The van der Waals surface area contributed by atoms with Crippen LogP contribution in [-0.2, 0) is 4.79 Å². The van der Waals surface area contributed by atoms with Crippen molar-refractivity contribution in [3.05, 3.63) is 0 Å². The fraction of sp³-hybridized carbons (Fsp3) is 0.917. The Morgan fingerprint density at radius 2 is 1.50 bits per heavy atom. The first-order valence-corrected chi connectivity index (χ1v) is 6.66. The Morgan fingerprint density at radius 1 is 1.00 bits per heavy atom. The number of nitrogens with one attached hydrogen (secondary N) is 1. The number of nitrogens with two attached hydrogens (primary N) is 1. The summed E-state index contributed by atoms with van der Waals surface area (Å²) in [6.07, 6.45) is 0. The summed E-state index contributed by atoms with van der Waals surface area (Å²) < 4.78 is 0. The Balaban J connectivity index is 0.000000199. The van der Waals surface area contributed by atoms with Gasteiger partial charge in [0, 0.05) is 52.4 Å². The zero-order valence-electron chi connectivity index (χ0n) is 11.7. The molecule has 0 radical (unpaired) electrons. The molecule has 0 unspecified atom stereocenters. The maximum Gasteiger partial charge on any atom is 0.231 e. The standard InChI is InChI=1S/C7H15N3O.C5H12N2/c1-9-2-4-10(5-3-9)6-7(8)11;1-7-4-2-6-3-5-7/h2-6H2,1H3,(H2,8,11);6H,2-5H2,1H3. The van der Waals surface area contributed by atoms with Crippen molar-refractivity contribution in [1.29, 1.82) is 0 Å². The quantitative estimate of drug-likeness (QED) is 0.614. The van der Waals surface area contributed by atoms with Crippen molar-refractivity contribution in [1.82, 2.24) is 20.0 Å². The van der Waals surface area contributed by atoms with Crippen molar-refractivity contribution < 1.29 is 4.79 Å². The lowest BCUT2D eigenvalue weighted by molar-refractivity contribution is -0.119. The number of hydrogen-bond acceptors (Lipinski definition) is 5. The van der Waals surface area contributed by atoms with E-state index < -0.39 is 0 Å². The number of carbonyl (C=O) groups is 1. The number of piperazine rings is 2. The smallest absolute Gasteiger partial charge is 0.231 e. The molecule has 18 heavy (non-hydrogen) atoms. The summed E-state index contributed by atoms with van der Waals surface area (Å²) in [6.45, 7) is 9.14. The van der Waals surface area contributed by atoms with Crippen molar-refractivity contribution in [3.63, 3.8) is 0 Å². The second kappa shape index (κ2) is 8.42. The molecule has 0 aromatic heterocycles. The first-order valence-electron chi connectivity index (χ1n) is 6.66. The van der Waals surface area contributed by atoms with Crippen LogP contribution in [0.4, 0.5) is 0 Å². The molecule has 106 valence electrons. The van der Waals surface area contributed by atoms with Crippen LogP contribution in [0.3, 0.4) is 0 Å². The predicted molar refractivity (Wildman–Crippen MR) is 73.5 cm³/mol. The van der Waals surface area contributed by atoms with Gasteiger partial charge in [0.25, 0.3) is 0 Å². The summed E-state index contributed by atoms with van der Waals surface area (Å²) in [5, 5.41) is 3.27. The van der Waals surface area contributed by atoms with Gasteiger partial charge in [0.15, 0.2) is 0 Å². The molecule has 0 aliphatic carbocycles. The molecule has 2 aliphatic rings. The first-order chi connectivity index (χ1) is 8.58. The van der Waals surface area contributed by atoms with E-state index in [1.54, 1.807) is 0 Å². The van der Waals surface area contributed by atoms with Crippen molar-refractivity contribution in [2.75, 3.05) is 73.0 Å². The third-order valence-electron chi connectivity index (χ3n) is 3.32. The average molecular weight is 257 g/mol. The third-order valence-corrected chi connectivity index (χ3v) is 3.32. The highest BCUT2D eigenvalue weighted by atomic mass is 16.1. The van der Waals surface area contributed by atoms with Crippen molar-refractivity contribution in [3.8, 4) is 0 Å². The van der Waals surface area contributed by atoms with Crippen LogP contribution in [0.1, 0.15) is 0 Å². The fourth-order valence-corrected chi connectivity index (χ4v) is 2.00. The lowest BCUT2D eigenvalue weighted by Crippen LogP contribution is -2.47. The maximum absolute atomic E-state index is 10.5. The largest absolute Gasteiger partial charge is 0.369 e. The number of primary amides is 1. The molecule has 0 saturated carbocycles. The second-order valence-electron chi connectivity index (χ2n) is 5.10. The van der Waals surface area contributed by atoms with E-state index in [1.807, 2.05) is 0 Å². The number of rotatable bonds is 2. The minimum absolute atomic E-state index is 0.227. The summed E-state index contributed by atoms with van der Waals surface area (Å²) in [5.41, 5.74) is 5.06. The normalized spacial score (nSPS) is 23.2. The molecular weight excluding hydrogens is 230 g/mol. The van der Waals surface area contributed by atoms with E-state index in [4.69, 9.17) is 5.73 Å². The Hall–Kier alpha value is -0.690. The summed E-state index contributed by atoms with van der Waals surface area (Å²) in [7, 11) is 4.24. The Bertz CT molecular complexity index is 235. The highest BCUT2D eigenvalue weighted by Crippen LogP contribution is 1.97. The molecule has 2 heterocycles. The van der Waals surface area contributed by atoms with Crippen molar-refractivity contribution in [2.45, 2.75) is 0 Å². The topological polar surface area (TPSA) is 64.8 Å². The zero-order chi connectivity index (χ0) is 13.4. The van der Waals surface area contributed by atoms with Crippen LogP contribution in [0, 0.1) is 0 Å². The summed E-state index contributed by atoms with van der Waals surface area (Å²) in [6, 6.07) is 0. The molecule has 6 heteroatoms. The number of carbonyl (C=O) groups excluding carboxylic acids is 1. The van der Waals surface area contributed by atoms with Gasteiger partial charge in [-0.3, -0.25) is 9.69 Å². The highest BCUT2D eigenvalue weighted by Gasteiger charge is 2.14. The van der Waals surface area contributed by atoms with E-state index in [0.29, 0.717) is 6.54 Å². The maximum atomic E-state index is 10.5. The molecule has 0 atom stereocenters. The van der Waals surface area contributed by atoms with Crippen LogP contribution in [0.5, 0.6) is 0 Å². The van der Waals surface area contributed by atoms with E-state index in [2.05, 4.69) is 34.1 Å². The van der Waals surface area contributed by atoms with Gasteiger partial charge in [-0.1, -0.05) is 0 Å². The SMILES string of the molecule is CN1CCN(CC(N)=O)CC1.CN1CCNCC1. The van der Waals surface area contributed by atoms with Crippen LogP contribution in [0.2, 0.25) is 0 Å². The second-order valence-corrected chi connectivity index (χ2v) is 5.10.